The van der Waals surface area contributed by atoms with Crippen molar-refractivity contribution in [3.05, 3.63) is 75.6 Å². The van der Waals surface area contributed by atoms with Gasteiger partial charge in [-0.1, -0.05) is 36.4 Å². The summed E-state index contributed by atoms with van der Waals surface area (Å²) in [5, 5.41) is 4.24. The van der Waals surface area contributed by atoms with Crippen LogP contribution in [0, 0.1) is 5.92 Å². The number of carbonyl (C=O) groups is 1. The maximum atomic E-state index is 12.8. The summed E-state index contributed by atoms with van der Waals surface area (Å²) in [6, 6.07) is 14.5. The van der Waals surface area contributed by atoms with Crippen LogP contribution in [0.2, 0.25) is 0 Å². The lowest BCUT2D eigenvalue weighted by Crippen LogP contribution is -2.42. The topological polar surface area (TPSA) is 115 Å². The summed E-state index contributed by atoms with van der Waals surface area (Å²) in [7, 11) is -3.53. The maximum Gasteiger partial charge on any atom is 0.323 e. The number of hydrogen-bond acceptors (Lipinski definition) is 4. The number of carbonyl (C=O) groups excluding carboxylic acids is 1. The van der Waals surface area contributed by atoms with Gasteiger partial charge in [0.2, 0.25) is 15.9 Å². The molecule has 1 aromatic heterocycles. The minimum absolute atomic E-state index is 0.0861. The van der Waals surface area contributed by atoms with Gasteiger partial charge in [0, 0.05) is 24.4 Å². The quantitative estimate of drug-likeness (QED) is 0.531. The molecule has 3 aromatic rings. The Hall–Kier alpha value is -3.17. The summed E-state index contributed by atoms with van der Waals surface area (Å²) >= 11 is 0. The summed E-state index contributed by atoms with van der Waals surface area (Å²) in [5.41, 5.74) is 2.84. The third-order valence-electron chi connectivity index (χ3n) is 5.82. The van der Waals surface area contributed by atoms with Gasteiger partial charge in [0.05, 0.1) is 17.1 Å². The molecule has 4 rings (SSSR count). The molecule has 1 fully saturated rings. The van der Waals surface area contributed by atoms with Crippen molar-refractivity contribution in [3.63, 3.8) is 0 Å². The predicted molar refractivity (Wildman–Crippen MR) is 124 cm³/mol. The highest BCUT2D eigenvalue weighted by Crippen LogP contribution is 2.23. The van der Waals surface area contributed by atoms with Crippen LogP contribution >= 0.6 is 0 Å². The number of aromatic nitrogens is 2. The molecule has 1 unspecified atom stereocenters. The first kappa shape index (κ1) is 22.0. The fourth-order valence-electron chi connectivity index (χ4n) is 3.92. The molecule has 0 saturated carbocycles. The molecule has 0 radical (unpaired) electrons. The fourth-order valence-corrected chi connectivity index (χ4v) is 5.14. The average molecular weight is 455 g/mol. The highest BCUT2D eigenvalue weighted by molar-refractivity contribution is 7.92. The molecule has 2 aromatic carbocycles. The van der Waals surface area contributed by atoms with Gasteiger partial charge in [-0.05, 0) is 49.1 Å². The highest BCUT2D eigenvalue weighted by atomic mass is 32.2. The summed E-state index contributed by atoms with van der Waals surface area (Å²) in [6.07, 6.45) is 2.53. The number of piperidine rings is 1. The van der Waals surface area contributed by atoms with E-state index in [0.29, 0.717) is 37.0 Å². The zero-order chi connectivity index (χ0) is 22.7. The van der Waals surface area contributed by atoms with Crippen LogP contribution in [0.15, 0.2) is 58.7 Å². The van der Waals surface area contributed by atoms with Crippen molar-refractivity contribution in [2.24, 2.45) is 5.92 Å². The van der Waals surface area contributed by atoms with Crippen LogP contribution in [0.25, 0.3) is 17.1 Å². The fraction of sp³-hybridized carbons (Fsp3) is 0.304. The van der Waals surface area contributed by atoms with Crippen LogP contribution in [0.5, 0.6) is 0 Å². The molecule has 1 saturated heterocycles. The number of fused-ring (bicyclic) bond motifs is 1. The largest absolute Gasteiger partial charge is 0.349 e. The van der Waals surface area contributed by atoms with Gasteiger partial charge in [0.25, 0.3) is 0 Å². The Morgan fingerprint density at radius 2 is 1.78 bits per heavy atom. The van der Waals surface area contributed by atoms with E-state index < -0.39 is 10.0 Å². The summed E-state index contributed by atoms with van der Waals surface area (Å²) in [5.74, 6) is -0.324. The Morgan fingerprint density at radius 1 is 1.09 bits per heavy atom. The second kappa shape index (κ2) is 9.13. The SMILES string of the molecule is CC(NC(=O)C1CCN(S(=O)(=O)C=Cc2ccccc2)CC1)c1ccc2[nH]c(=O)[nH]c2c1. The Bertz CT molecular complexity index is 1290. The lowest BCUT2D eigenvalue weighted by molar-refractivity contribution is -0.126. The molecule has 8 nitrogen and oxygen atoms in total. The molecule has 0 bridgehead atoms. The van der Waals surface area contributed by atoms with Gasteiger partial charge in [-0.25, -0.2) is 13.2 Å². The summed E-state index contributed by atoms with van der Waals surface area (Å²) < 4.78 is 26.7. The Kier molecular flexibility index (Phi) is 6.29. The number of aromatic amines is 2. The van der Waals surface area contributed by atoms with Gasteiger partial charge in [-0.3, -0.25) is 4.79 Å². The molecule has 0 spiro atoms. The molecule has 168 valence electrons. The summed E-state index contributed by atoms with van der Waals surface area (Å²) in [4.78, 5) is 29.6. The lowest BCUT2D eigenvalue weighted by atomic mass is 9.96. The van der Waals surface area contributed by atoms with Gasteiger partial charge in [-0.15, -0.1) is 0 Å². The van der Waals surface area contributed by atoms with Crippen molar-refractivity contribution in [1.82, 2.24) is 19.6 Å². The van der Waals surface area contributed by atoms with Gasteiger partial charge in [-0.2, -0.15) is 4.31 Å². The smallest absolute Gasteiger partial charge is 0.323 e. The third kappa shape index (κ3) is 5.00. The van der Waals surface area contributed by atoms with Crippen LogP contribution in [0.4, 0.5) is 0 Å². The predicted octanol–water partition coefficient (Wildman–Crippen LogP) is 2.75. The van der Waals surface area contributed by atoms with Crippen molar-refractivity contribution < 1.29 is 13.2 Å². The molecular formula is C23H26N4O4S. The molecular weight excluding hydrogens is 428 g/mol. The van der Waals surface area contributed by atoms with E-state index in [2.05, 4.69) is 15.3 Å². The molecule has 0 aliphatic carbocycles. The lowest BCUT2D eigenvalue weighted by Gasteiger charge is -2.30. The van der Waals surface area contributed by atoms with Crippen molar-refractivity contribution in [2.75, 3.05) is 13.1 Å². The van der Waals surface area contributed by atoms with Gasteiger partial charge >= 0.3 is 5.69 Å². The van der Waals surface area contributed by atoms with Crippen LogP contribution in [0.3, 0.4) is 0 Å². The molecule has 9 heteroatoms. The number of amides is 1. The van der Waals surface area contributed by atoms with Crippen molar-refractivity contribution in [3.8, 4) is 0 Å². The number of rotatable bonds is 6. The Morgan fingerprint density at radius 3 is 2.50 bits per heavy atom. The number of hydrogen-bond donors (Lipinski definition) is 3. The molecule has 32 heavy (non-hydrogen) atoms. The number of benzene rings is 2. The first-order chi connectivity index (χ1) is 15.3. The van der Waals surface area contributed by atoms with E-state index in [1.165, 1.54) is 9.71 Å². The molecule has 3 N–H and O–H groups in total. The van der Waals surface area contributed by atoms with E-state index in [1.807, 2.05) is 49.4 Å². The zero-order valence-corrected chi connectivity index (χ0v) is 18.6. The maximum absolute atomic E-state index is 12.8. The van der Waals surface area contributed by atoms with Crippen molar-refractivity contribution in [1.29, 1.82) is 0 Å². The van der Waals surface area contributed by atoms with Crippen LogP contribution in [-0.2, 0) is 14.8 Å². The highest BCUT2D eigenvalue weighted by Gasteiger charge is 2.30. The Labute approximate surface area is 186 Å². The van der Waals surface area contributed by atoms with Crippen LogP contribution in [0.1, 0.15) is 36.9 Å². The van der Waals surface area contributed by atoms with E-state index in [4.69, 9.17) is 0 Å². The van der Waals surface area contributed by atoms with Crippen LogP contribution in [-0.4, -0.2) is 41.7 Å². The Balaban J connectivity index is 1.33. The second-order valence-corrected chi connectivity index (χ2v) is 9.86. The van der Waals surface area contributed by atoms with Gasteiger partial charge in [0.1, 0.15) is 0 Å². The second-order valence-electron chi connectivity index (χ2n) is 8.05. The number of sulfonamides is 1. The number of nitrogens with zero attached hydrogens (tertiary/aromatic N) is 1. The van der Waals surface area contributed by atoms with E-state index in [1.54, 1.807) is 12.1 Å². The molecule has 1 aliphatic rings. The molecule has 1 atom stereocenters. The minimum Gasteiger partial charge on any atom is -0.349 e. The first-order valence-electron chi connectivity index (χ1n) is 10.6. The van der Waals surface area contributed by atoms with E-state index in [-0.39, 0.29) is 23.6 Å². The molecule has 1 aliphatic heterocycles. The number of imidazole rings is 1. The number of nitrogens with one attached hydrogen (secondary N) is 3. The van der Waals surface area contributed by atoms with E-state index in [0.717, 1.165) is 11.1 Å². The first-order valence-corrected chi connectivity index (χ1v) is 12.1. The average Bonchev–Trinajstić information content (AvgIpc) is 3.17. The standard InChI is InChI=1S/C23H26N4O4S/c1-16(19-7-8-20-21(15-19)26-23(29)25-20)24-22(28)18-9-12-27(13-10-18)32(30,31)14-11-17-5-3-2-4-6-17/h2-8,11,14-16,18H,9-10,12-13H2,1H3,(H,24,28)(H2,25,26,29). The molecule has 1 amide bonds. The van der Waals surface area contributed by atoms with Crippen molar-refractivity contribution >= 4 is 33.0 Å². The van der Waals surface area contributed by atoms with E-state index >= 15 is 0 Å². The summed E-state index contributed by atoms with van der Waals surface area (Å²) in [6.45, 7) is 2.51. The normalized spacial score (nSPS) is 17.0. The van der Waals surface area contributed by atoms with Gasteiger partial charge < -0.3 is 15.3 Å². The zero-order valence-electron chi connectivity index (χ0n) is 17.7. The van der Waals surface area contributed by atoms with E-state index in [9.17, 15) is 18.0 Å². The van der Waals surface area contributed by atoms with Crippen LogP contribution < -0.4 is 11.0 Å². The third-order valence-corrected chi connectivity index (χ3v) is 7.38. The number of H-pyrrole nitrogens is 2. The molecule has 2 heterocycles. The monoisotopic (exact) mass is 454 g/mol. The van der Waals surface area contributed by atoms with Gasteiger partial charge in [0.15, 0.2) is 0 Å². The minimum atomic E-state index is -3.53. The van der Waals surface area contributed by atoms with Crippen molar-refractivity contribution in [2.45, 2.75) is 25.8 Å².